The maximum absolute atomic E-state index is 13.7. The number of hydrogen-bond donors (Lipinski definition) is 1. The zero-order valence-corrected chi connectivity index (χ0v) is 16.5. The SMILES string of the molecule is C[C@H]1CCCN1c1nc2cc(C(=O)O)ccc2nc1-c1cc2cc(F)ccc2s1. The third-order valence-electron chi connectivity index (χ3n) is 5.43. The number of nitrogens with zero attached hydrogens (tertiary/aromatic N) is 3. The molecule has 1 saturated heterocycles. The van der Waals surface area contributed by atoms with Crippen molar-refractivity contribution >= 4 is 44.2 Å². The number of aromatic carboxylic acids is 1. The summed E-state index contributed by atoms with van der Waals surface area (Å²) in [6.45, 7) is 3.04. The monoisotopic (exact) mass is 407 g/mol. The van der Waals surface area contributed by atoms with Gasteiger partial charge in [-0.15, -0.1) is 11.3 Å². The molecule has 0 radical (unpaired) electrons. The second kappa shape index (κ2) is 6.77. The fraction of sp³-hybridized carbons (Fsp3) is 0.227. The van der Waals surface area contributed by atoms with Crippen molar-refractivity contribution in [1.82, 2.24) is 9.97 Å². The van der Waals surface area contributed by atoms with Crippen LogP contribution in [0.25, 0.3) is 31.7 Å². The van der Waals surface area contributed by atoms with Gasteiger partial charge in [-0.25, -0.2) is 19.2 Å². The van der Waals surface area contributed by atoms with Crippen LogP contribution in [0.4, 0.5) is 10.2 Å². The topological polar surface area (TPSA) is 66.3 Å². The molecule has 4 aromatic rings. The lowest BCUT2D eigenvalue weighted by molar-refractivity contribution is 0.0697. The van der Waals surface area contributed by atoms with Gasteiger partial charge in [0.1, 0.15) is 11.5 Å². The van der Waals surface area contributed by atoms with Gasteiger partial charge in [-0.2, -0.15) is 0 Å². The Labute approximate surface area is 170 Å². The molecule has 2 aromatic carbocycles. The van der Waals surface area contributed by atoms with Gasteiger partial charge < -0.3 is 10.0 Å². The molecule has 7 heteroatoms. The Hall–Kier alpha value is -3.06. The molecule has 0 bridgehead atoms. The highest BCUT2D eigenvalue weighted by Crippen LogP contribution is 2.39. The summed E-state index contributed by atoms with van der Waals surface area (Å²) in [5, 5.41) is 10.2. The van der Waals surface area contributed by atoms with Crippen LogP contribution in [0.15, 0.2) is 42.5 Å². The van der Waals surface area contributed by atoms with Crippen LogP contribution in [-0.2, 0) is 0 Å². The molecule has 0 amide bonds. The first-order chi connectivity index (χ1) is 14.0. The van der Waals surface area contributed by atoms with Crippen LogP contribution in [0, 0.1) is 5.82 Å². The Kier molecular flexibility index (Phi) is 4.20. The number of thiophene rings is 1. The molecule has 146 valence electrons. The molecular formula is C22H18FN3O2S. The first-order valence-electron chi connectivity index (χ1n) is 9.51. The Morgan fingerprint density at radius 3 is 2.79 bits per heavy atom. The third kappa shape index (κ3) is 3.11. The number of halogens is 1. The van der Waals surface area contributed by atoms with Crippen LogP contribution >= 0.6 is 11.3 Å². The molecule has 29 heavy (non-hydrogen) atoms. The van der Waals surface area contributed by atoms with Crippen molar-refractivity contribution in [2.75, 3.05) is 11.4 Å². The molecule has 5 nitrogen and oxygen atoms in total. The van der Waals surface area contributed by atoms with E-state index in [0.717, 1.165) is 45.9 Å². The zero-order chi connectivity index (χ0) is 20.1. The van der Waals surface area contributed by atoms with E-state index in [0.29, 0.717) is 17.1 Å². The first kappa shape index (κ1) is 18.0. The van der Waals surface area contributed by atoms with Gasteiger partial charge in [0.2, 0.25) is 0 Å². The van der Waals surface area contributed by atoms with Crippen LogP contribution in [0.5, 0.6) is 0 Å². The van der Waals surface area contributed by atoms with Crippen LogP contribution in [-0.4, -0.2) is 33.6 Å². The van der Waals surface area contributed by atoms with E-state index < -0.39 is 5.97 Å². The average Bonchev–Trinajstić information content (AvgIpc) is 3.31. The predicted octanol–water partition coefficient (Wildman–Crippen LogP) is 5.34. The third-order valence-corrected chi connectivity index (χ3v) is 6.55. The van der Waals surface area contributed by atoms with Gasteiger partial charge in [-0.1, -0.05) is 0 Å². The summed E-state index contributed by atoms with van der Waals surface area (Å²) in [5.41, 5.74) is 2.16. The summed E-state index contributed by atoms with van der Waals surface area (Å²) in [4.78, 5) is 24.2. The Morgan fingerprint density at radius 1 is 1.17 bits per heavy atom. The van der Waals surface area contributed by atoms with E-state index in [4.69, 9.17) is 9.97 Å². The van der Waals surface area contributed by atoms with E-state index in [9.17, 15) is 14.3 Å². The number of hydrogen-bond acceptors (Lipinski definition) is 5. The quantitative estimate of drug-likeness (QED) is 0.497. The molecule has 1 atom stereocenters. The standard InChI is InChI=1S/C22H18FN3O2S/c1-12-3-2-8-26(12)21-20(19-11-14-9-15(23)5-7-18(14)29-19)24-16-6-4-13(22(27)28)10-17(16)25-21/h4-7,9-12H,2-3,8H2,1H3,(H,27,28)/t12-/m0/s1. The Morgan fingerprint density at radius 2 is 2.03 bits per heavy atom. The molecule has 0 aliphatic carbocycles. The van der Waals surface area contributed by atoms with Crippen LogP contribution < -0.4 is 4.90 Å². The van der Waals surface area contributed by atoms with E-state index in [2.05, 4.69) is 11.8 Å². The maximum Gasteiger partial charge on any atom is 0.335 e. The van der Waals surface area contributed by atoms with E-state index in [1.54, 1.807) is 35.6 Å². The molecule has 0 unspecified atom stereocenters. The van der Waals surface area contributed by atoms with Crippen molar-refractivity contribution in [1.29, 1.82) is 0 Å². The predicted molar refractivity (Wildman–Crippen MR) is 113 cm³/mol. The van der Waals surface area contributed by atoms with E-state index in [-0.39, 0.29) is 11.4 Å². The summed E-state index contributed by atoms with van der Waals surface area (Å²) < 4.78 is 14.6. The first-order valence-corrected chi connectivity index (χ1v) is 10.3. The van der Waals surface area contributed by atoms with Gasteiger partial charge >= 0.3 is 5.97 Å². The lowest BCUT2D eigenvalue weighted by atomic mass is 10.1. The highest BCUT2D eigenvalue weighted by molar-refractivity contribution is 7.22. The molecule has 1 N–H and O–H groups in total. The van der Waals surface area contributed by atoms with Crippen molar-refractivity contribution in [2.45, 2.75) is 25.8 Å². The summed E-state index contributed by atoms with van der Waals surface area (Å²) in [6.07, 6.45) is 2.15. The molecule has 3 heterocycles. The molecule has 0 saturated carbocycles. The molecule has 1 aliphatic rings. The van der Waals surface area contributed by atoms with Gasteiger partial charge in [0.15, 0.2) is 5.82 Å². The highest BCUT2D eigenvalue weighted by Gasteiger charge is 2.26. The minimum Gasteiger partial charge on any atom is -0.478 e. The highest BCUT2D eigenvalue weighted by atomic mass is 32.1. The summed E-state index contributed by atoms with van der Waals surface area (Å²) >= 11 is 1.56. The number of aromatic nitrogens is 2. The fourth-order valence-corrected chi connectivity index (χ4v) is 4.95. The fourth-order valence-electron chi connectivity index (χ4n) is 3.92. The number of carboxylic acids is 1. The van der Waals surface area contributed by atoms with Crippen LogP contribution in [0.1, 0.15) is 30.1 Å². The molecule has 1 fully saturated rings. The van der Waals surface area contributed by atoms with Crippen LogP contribution in [0.2, 0.25) is 0 Å². The van der Waals surface area contributed by atoms with E-state index >= 15 is 0 Å². The lowest BCUT2D eigenvalue weighted by Gasteiger charge is -2.24. The molecule has 2 aromatic heterocycles. The molecule has 0 spiro atoms. The number of fused-ring (bicyclic) bond motifs is 2. The van der Waals surface area contributed by atoms with Crippen molar-refractivity contribution in [3.05, 3.63) is 53.8 Å². The number of carbonyl (C=O) groups is 1. The number of benzene rings is 2. The number of anilines is 1. The Bertz CT molecular complexity index is 1270. The summed E-state index contributed by atoms with van der Waals surface area (Å²) in [5.74, 6) is -0.487. The van der Waals surface area contributed by atoms with E-state index in [1.807, 2.05) is 6.07 Å². The smallest absolute Gasteiger partial charge is 0.335 e. The van der Waals surface area contributed by atoms with Gasteiger partial charge in [0.05, 0.1) is 21.5 Å². The van der Waals surface area contributed by atoms with Gasteiger partial charge in [0.25, 0.3) is 0 Å². The second-order valence-corrected chi connectivity index (χ2v) is 8.47. The Balaban J connectivity index is 1.75. The number of rotatable bonds is 3. The van der Waals surface area contributed by atoms with E-state index in [1.165, 1.54) is 12.1 Å². The van der Waals surface area contributed by atoms with Crippen molar-refractivity contribution in [3.63, 3.8) is 0 Å². The summed E-state index contributed by atoms with van der Waals surface area (Å²) in [7, 11) is 0. The largest absolute Gasteiger partial charge is 0.478 e. The second-order valence-electron chi connectivity index (χ2n) is 7.38. The minimum atomic E-state index is -0.986. The van der Waals surface area contributed by atoms with Gasteiger partial charge in [-0.05, 0) is 67.6 Å². The number of carboxylic acid groups (broad SMARTS) is 1. The van der Waals surface area contributed by atoms with Gasteiger partial charge in [0, 0.05) is 17.3 Å². The van der Waals surface area contributed by atoms with Crippen LogP contribution in [0.3, 0.4) is 0 Å². The average molecular weight is 407 g/mol. The zero-order valence-electron chi connectivity index (χ0n) is 15.7. The summed E-state index contributed by atoms with van der Waals surface area (Å²) in [6, 6.07) is 11.9. The lowest BCUT2D eigenvalue weighted by Crippen LogP contribution is -2.28. The normalized spacial score (nSPS) is 16.8. The van der Waals surface area contributed by atoms with Crippen molar-refractivity contribution in [2.24, 2.45) is 0 Å². The molecule has 5 rings (SSSR count). The molecular weight excluding hydrogens is 389 g/mol. The minimum absolute atomic E-state index is 0.192. The van der Waals surface area contributed by atoms with Gasteiger partial charge in [-0.3, -0.25) is 0 Å². The van der Waals surface area contributed by atoms with Crippen molar-refractivity contribution < 1.29 is 14.3 Å². The molecule has 1 aliphatic heterocycles. The van der Waals surface area contributed by atoms with Crippen molar-refractivity contribution in [3.8, 4) is 10.6 Å². The maximum atomic E-state index is 13.7.